The van der Waals surface area contributed by atoms with E-state index >= 15 is 0 Å². The third-order valence-electron chi connectivity index (χ3n) is 3.49. The van der Waals surface area contributed by atoms with Gasteiger partial charge in [0.1, 0.15) is 0 Å². The molecule has 0 amide bonds. The highest BCUT2D eigenvalue weighted by atomic mass is 19.4. The van der Waals surface area contributed by atoms with Crippen molar-refractivity contribution < 1.29 is 17.9 Å². The molecule has 20 heavy (non-hydrogen) atoms. The largest absolute Gasteiger partial charge is 0.416 e. The summed E-state index contributed by atoms with van der Waals surface area (Å²) in [5.74, 6) is 0. The van der Waals surface area contributed by atoms with Gasteiger partial charge < -0.3 is 10.1 Å². The molecule has 1 aliphatic heterocycles. The molecule has 0 saturated carbocycles. The van der Waals surface area contributed by atoms with E-state index in [0.717, 1.165) is 44.9 Å². The van der Waals surface area contributed by atoms with E-state index < -0.39 is 11.7 Å². The molecule has 0 spiro atoms. The molecule has 0 radical (unpaired) electrons. The number of hydrogen-bond donors (Lipinski definition) is 1. The molecule has 1 heterocycles. The van der Waals surface area contributed by atoms with Gasteiger partial charge in [0.25, 0.3) is 0 Å². The Labute approximate surface area is 117 Å². The second-order valence-electron chi connectivity index (χ2n) is 5.15. The summed E-state index contributed by atoms with van der Waals surface area (Å²) in [6, 6.07) is 5.46. The van der Waals surface area contributed by atoms with Crippen molar-refractivity contribution in [3.63, 3.8) is 0 Å². The van der Waals surface area contributed by atoms with Crippen LogP contribution in [-0.4, -0.2) is 19.3 Å². The maximum absolute atomic E-state index is 12.5. The van der Waals surface area contributed by atoms with Crippen LogP contribution < -0.4 is 5.32 Å². The van der Waals surface area contributed by atoms with Gasteiger partial charge in [0.15, 0.2) is 0 Å². The molecule has 112 valence electrons. The molecule has 1 unspecified atom stereocenters. The number of nitrogens with one attached hydrogen (secondary N) is 1. The topological polar surface area (TPSA) is 21.3 Å². The first-order valence-electron chi connectivity index (χ1n) is 7.04. The van der Waals surface area contributed by atoms with Crippen LogP contribution in [0.3, 0.4) is 0 Å². The number of ether oxygens (including phenoxy) is 1. The minimum atomic E-state index is -4.27. The Bertz CT molecular complexity index is 414. The van der Waals surface area contributed by atoms with Gasteiger partial charge in [-0.1, -0.05) is 18.2 Å². The molecular formula is C15H20F3NO. The van der Waals surface area contributed by atoms with Gasteiger partial charge >= 0.3 is 6.18 Å². The summed E-state index contributed by atoms with van der Waals surface area (Å²) in [4.78, 5) is 0. The smallest absolute Gasteiger partial charge is 0.378 e. The quantitative estimate of drug-likeness (QED) is 0.804. The molecule has 1 fully saturated rings. The fraction of sp³-hybridized carbons (Fsp3) is 0.600. The molecule has 0 bridgehead atoms. The molecule has 1 aromatic rings. The van der Waals surface area contributed by atoms with Gasteiger partial charge in [-0.05, 0) is 43.9 Å². The molecular weight excluding hydrogens is 267 g/mol. The molecule has 1 N–H and O–H groups in total. The summed E-state index contributed by atoms with van der Waals surface area (Å²) in [6.45, 7) is 2.13. The minimum Gasteiger partial charge on any atom is -0.378 e. The van der Waals surface area contributed by atoms with Crippen LogP contribution in [0, 0.1) is 0 Å². The van der Waals surface area contributed by atoms with E-state index in [4.69, 9.17) is 4.74 Å². The molecule has 1 saturated heterocycles. The second-order valence-corrected chi connectivity index (χ2v) is 5.15. The molecule has 1 aliphatic rings. The van der Waals surface area contributed by atoms with Crippen LogP contribution in [0.25, 0.3) is 0 Å². The molecule has 5 heteroatoms. The van der Waals surface area contributed by atoms with Crippen LogP contribution in [0.15, 0.2) is 24.3 Å². The predicted octanol–water partition coefficient (Wildman–Crippen LogP) is 3.75. The summed E-state index contributed by atoms with van der Waals surface area (Å²) < 4.78 is 43.2. The predicted molar refractivity (Wildman–Crippen MR) is 71.4 cm³/mol. The van der Waals surface area contributed by atoms with E-state index in [1.807, 2.05) is 0 Å². The molecule has 2 nitrogen and oxygen atoms in total. The van der Waals surface area contributed by atoms with Crippen LogP contribution in [0.1, 0.15) is 36.8 Å². The Kier molecular flexibility index (Phi) is 5.43. The lowest BCUT2D eigenvalue weighted by Crippen LogP contribution is -2.17. The van der Waals surface area contributed by atoms with Gasteiger partial charge in [-0.2, -0.15) is 13.2 Å². The van der Waals surface area contributed by atoms with Crippen molar-refractivity contribution in [3.05, 3.63) is 35.4 Å². The zero-order valence-corrected chi connectivity index (χ0v) is 11.4. The molecule has 1 aromatic carbocycles. The number of rotatable bonds is 6. The average Bonchev–Trinajstić information content (AvgIpc) is 2.91. The van der Waals surface area contributed by atoms with Gasteiger partial charge in [0.05, 0.1) is 11.7 Å². The normalized spacial score (nSPS) is 19.4. The van der Waals surface area contributed by atoms with E-state index in [-0.39, 0.29) is 0 Å². The van der Waals surface area contributed by atoms with Gasteiger partial charge in [0.2, 0.25) is 0 Å². The zero-order chi connectivity index (χ0) is 14.4. The number of benzene rings is 1. The lowest BCUT2D eigenvalue weighted by Gasteiger charge is -2.11. The van der Waals surface area contributed by atoms with Gasteiger partial charge in [-0.25, -0.2) is 0 Å². The Hall–Kier alpha value is -1.07. The van der Waals surface area contributed by atoms with Crippen molar-refractivity contribution in [1.82, 2.24) is 5.32 Å². The molecule has 1 atom stereocenters. The highest BCUT2D eigenvalue weighted by Crippen LogP contribution is 2.29. The van der Waals surface area contributed by atoms with Crippen molar-refractivity contribution in [2.75, 3.05) is 13.2 Å². The second kappa shape index (κ2) is 7.09. The maximum Gasteiger partial charge on any atom is 0.416 e. The Morgan fingerprint density at radius 1 is 1.30 bits per heavy atom. The Balaban J connectivity index is 1.68. The summed E-state index contributed by atoms with van der Waals surface area (Å²) in [7, 11) is 0. The zero-order valence-electron chi connectivity index (χ0n) is 11.4. The standard InChI is InChI=1S/C15H20F3NO/c16-15(17,18)13-5-1-4-12(10-13)11-19-8-2-6-14-7-3-9-20-14/h1,4-5,10,14,19H,2-3,6-9,11H2. The SMILES string of the molecule is FC(F)(F)c1cccc(CNCCCC2CCCO2)c1. The summed E-state index contributed by atoms with van der Waals surface area (Å²) in [5.41, 5.74) is 0.0769. The summed E-state index contributed by atoms with van der Waals surface area (Å²) in [6.07, 6.45) is 0.399. The van der Waals surface area contributed by atoms with E-state index in [1.54, 1.807) is 6.07 Å². The minimum absolute atomic E-state index is 0.380. The van der Waals surface area contributed by atoms with Crippen molar-refractivity contribution in [2.45, 2.75) is 44.5 Å². The number of halogens is 3. The number of alkyl halides is 3. The van der Waals surface area contributed by atoms with Crippen LogP contribution in [-0.2, 0) is 17.5 Å². The van der Waals surface area contributed by atoms with E-state index in [9.17, 15) is 13.2 Å². The molecule has 0 aromatic heterocycles. The first-order valence-corrected chi connectivity index (χ1v) is 7.04. The van der Waals surface area contributed by atoms with Gasteiger partial charge in [-0.15, -0.1) is 0 Å². The lowest BCUT2D eigenvalue weighted by molar-refractivity contribution is -0.137. The third-order valence-corrected chi connectivity index (χ3v) is 3.49. The fourth-order valence-electron chi connectivity index (χ4n) is 2.42. The number of hydrogen-bond acceptors (Lipinski definition) is 2. The Morgan fingerprint density at radius 2 is 2.15 bits per heavy atom. The third kappa shape index (κ3) is 4.80. The highest BCUT2D eigenvalue weighted by molar-refractivity contribution is 5.25. The molecule has 2 rings (SSSR count). The van der Waals surface area contributed by atoms with E-state index in [2.05, 4.69) is 5.32 Å². The lowest BCUT2D eigenvalue weighted by atomic mass is 10.1. The van der Waals surface area contributed by atoms with Gasteiger partial charge in [0, 0.05) is 13.2 Å². The monoisotopic (exact) mass is 287 g/mol. The van der Waals surface area contributed by atoms with Crippen molar-refractivity contribution in [2.24, 2.45) is 0 Å². The van der Waals surface area contributed by atoms with Crippen LogP contribution >= 0.6 is 0 Å². The summed E-state index contributed by atoms with van der Waals surface area (Å²) >= 11 is 0. The van der Waals surface area contributed by atoms with Crippen molar-refractivity contribution in [3.8, 4) is 0 Å². The van der Waals surface area contributed by atoms with Crippen LogP contribution in [0.2, 0.25) is 0 Å². The average molecular weight is 287 g/mol. The van der Waals surface area contributed by atoms with Gasteiger partial charge in [-0.3, -0.25) is 0 Å². The Morgan fingerprint density at radius 3 is 2.85 bits per heavy atom. The van der Waals surface area contributed by atoms with E-state index in [1.165, 1.54) is 12.1 Å². The first-order chi connectivity index (χ1) is 9.55. The highest BCUT2D eigenvalue weighted by Gasteiger charge is 2.30. The van der Waals surface area contributed by atoms with Crippen molar-refractivity contribution in [1.29, 1.82) is 0 Å². The van der Waals surface area contributed by atoms with Crippen molar-refractivity contribution >= 4 is 0 Å². The van der Waals surface area contributed by atoms with Crippen LogP contribution in [0.5, 0.6) is 0 Å². The fourth-order valence-corrected chi connectivity index (χ4v) is 2.42. The first kappa shape index (κ1) is 15.3. The van der Waals surface area contributed by atoms with E-state index in [0.29, 0.717) is 18.2 Å². The molecule has 0 aliphatic carbocycles. The van der Waals surface area contributed by atoms with Crippen LogP contribution in [0.4, 0.5) is 13.2 Å². The maximum atomic E-state index is 12.5. The summed E-state index contributed by atoms with van der Waals surface area (Å²) in [5, 5.41) is 3.18.